The number of hydrogen-bond donors (Lipinski definition) is 2. The first-order chi connectivity index (χ1) is 14.5. The first-order valence-electron chi connectivity index (χ1n) is 9.64. The lowest BCUT2D eigenvalue weighted by atomic mass is 10.0. The number of benzene rings is 1. The minimum atomic E-state index is -0.0657. The summed E-state index contributed by atoms with van der Waals surface area (Å²) in [5, 5.41) is 7.08. The number of nitrogens with zero attached hydrogens (tertiary/aromatic N) is 2. The molecule has 1 aliphatic heterocycles. The summed E-state index contributed by atoms with van der Waals surface area (Å²) >= 11 is 11.0. The highest BCUT2D eigenvalue weighted by atomic mass is 79.9. The van der Waals surface area contributed by atoms with Gasteiger partial charge in [-0.05, 0) is 83.1 Å². The van der Waals surface area contributed by atoms with Crippen molar-refractivity contribution in [2.45, 2.75) is 32.4 Å². The molecule has 0 aliphatic carbocycles. The SMILES string of the molecule is CCC(=O)Nc1ccc(N2C(=S)N[C@H](c3ccccn3)[C@@H]2c2ccc(Br)s2)cc1C. The molecule has 2 N–H and O–H groups in total. The highest BCUT2D eigenvalue weighted by Gasteiger charge is 2.41. The van der Waals surface area contributed by atoms with E-state index in [9.17, 15) is 4.79 Å². The Morgan fingerprint density at radius 3 is 2.77 bits per heavy atom. The van der Waals surface area contributed by atoms with Crippen LogP contribution in [0.3, 0.4) is 0 Å². The predicted molar refractivity (Wildman–Crippen MR) is 130 cm³/mol. The summed E-state index contributed by atoms with van der Waals surface area (Å²) in [7, 11) is 0. The van der Waals surface area contributed by atoms with Crippen LogP contribution in [-0.4, -0.2) is 16.0 Å². The number of carbonyl (C=O) groups is 1. The number of amides is 1. The van der Waals surface area contributed by atoms with Crippen molar-refractivity contribution in [3.05, 3.63) is 74.6 Å². The number of aromatic nitrogens is 1. The largest absolute Gasteiger partial charge is 0.351 e. The fourth-order valence-electron chi connectivity index (χ4n) is 3.59. The van der Waals surface area contributed by atoms with Crippen LogP contribution >= 0.6 is 39.5 Å². The molecule has 0 unspecified atom stereocenters. The van der Waals surface area contributed by atoms with Crippen LogP contribution in [0.1, 0.15) is 41.6 Å². The third-order valence-electron chi connectivity index (χ3n) is 5.07. The van der Waals surface area contributed by atoms with Crippen molar-refractivity contribution in [3.8, 4) is 0 Å². The van der Waals surface area contributed by atoms with Gasteiger partial charge >= 0.3 is 0 Å². The number of pyridine rings is 1. The van der Waals surface area contributed by atoms with Gasteiger partial charge in [0.1, 0.15) is 0 Å². The molecule has 1 aromatic carbocycles. The van der Waals surface area contributed by atoms with Crippen LogP contribution in [0.5, 0.6) is 0 Å². The lowest BCUT2D eigenvalue weighted by Gasteiger charge is -2.27. The fraction of sp³-hybridized carbons (Fsp3) is 0.227. The van der Waals surface area contributed by atoms with Crippen LogP contribution in [0.25, 0.3) is 0 Å². The van der Waals surface area contributed by atoms with E-state index < -0.39 is 0 Å². The molecule has 2 atom stereocenters. The third-order valence-corrected chi connectivity index (χ3v) is 7.08. The van der Waals surface area contributed by atoms with Gasteiger partial charge in [-0.3, -0.25) is 9.78 Å². The second-order valence-electron chi connectivity index (χ2n) is 7.04. The standard InChI is InChI=1S/C22H21BrN4OS2/c1-3-19(28)25-15-8-7-14(12-13(15)2)27-21(17-9-10-18(23)30-17)20(26-22(27)29)16-6-4-5-11-24-16/h4-12,20-21H,3H2,1-2H3,(H,25,28)(H,26,29)/t20-,21+/m1/s1. The van der Waals surface area contributed by atoms with Gasteiger partial charge in [-0.15, -0.1) is 11.3 Å². The maximum Gasteiger partial charge on any atom is 0.224 e. The lowest BCUT2D eigenvalue weighted by Crippen LogP contribution is -2.29. The normalized spacial score (nSPS) is 18.4. The van der Waals surface area contributed by atoms with Crippen LogP contribution < -0.4 is 15.5 Å². The van der Waals surface area contributed by atoms with E-state index in [1.54, 1.807) is 17.5 Å². The van der Waals surface area contributed by atoms with Crippen LogP contribution in [-0.2, 0) is 4.79 Å². The molecule has 1 amide bonds. The molecule has 5 nitrogen and oxygen atoms in total. The number of thiocarbonyl (C=S) groups is 1. The molecule has 0 spiro atoms. The van der Waals surface area contributed by atoms with Gasteiger partial charge in [0.25, 0.3) is 0 Å². The van der Waals surface area contributed by atoms with Gasteiger partial charge in [-0.2, -0.15) is 0 Å². The van der Waals surface area contributed by atoms with E-state index in [0.29, 0.717) is 11.5 Å². The summed E-state index contributed by atoms with van der Waals surface area (Å²) in [6, 6.07) is 16.0. The Hall–Kier alpha value is -2.29. The van der Waals surface area contributed by atoms with Crippen molar-refractivity contribution in [1.82, 2.24) is 10.3 Å². The number of rotatable bonds is 5. The summed E-state index contributed by atoms with van der Waals surface area (Å²) in [5.74, 6) is 0.000684. The van der Waals surface area contributed by atoms with Gasteiger partial charge in [-0.1, -0.05) is 13.0 Å². The number of carbonyl (C=O) groups excluding carboxylic acids is 1. The summed E-state index contributed by atoms with van der Waals surface area (Å²) in [6.45, 7) is 3.84. The van der Waals surface area contributed by atoms with E-state index in [1.165, 1.54) is 4.88 Å². The Labute approximate surface area is 193 Å². The van der Waals surface area contributed by atoms with Gasteiger partial charge in [-0.25, -0.2) is 0 Å². The van der Waals surface area contributed by atoms with Crippen molar-refractivity contribution in [2.24, 2.45) is 0 Å². The molecule has 30 heavy (non-hydrogen) atoms. The van der Waals surface area contributed by atoms with Crippen LogP contribution in [0.15, 0.2) is 58.5 Å². The summed E-state index contributed by atoms with van der Waals surface area (Å²) in [4.78, 5) is 19.7. The number of hydrogen-bond acceptors (Lipinski definition) is 4. The second kappa shape index (κ2) is 8.83. The molecule has 0 bridgehead atoms. The Bertz CT molecular complexity index is 1090. The molecule has 3 heterocycles. The number of nitrogens with one attached hydrogen (secondary N) is 2. The maximum absolute atomic E-state index is 11.8. The lowest BCUT2D eigenvalue weighted by molar-refractivity contribution is -0.115. The molecule has 154 valence electrons. The fourth-order valence-corrected chi connectivity index (χ4v) is 5.48. The molecule has 3 aromatic rings. The number of anilines is 2. The van der Waals surface area contributed by atoms with E-state index in [2.05, 4.69) is 54.6 Å². The molecular weight excluding hydrogens is 480 g/mol. The van der Waals surface area contributed by atoms with Crippen molar-refractivity contribution < 1.29 is 4.79 Å². The van der Waals surface area contributed by atoms with E-state index in [-0.39, 0.29) is 18.0 Å². The Morgan fingerprint density at radius 1 is 1.30 bits per heavy atom. The Balaban J connectivity index is 1.74. The average Bonchev–Trinajstić information content (AvgIpc) is 3.32. The van der Waals surface area contributed by atoms with E-state index in [0.717, 1.165) is 26.4 Å². The van der Waals surface area contributed by atoms with Crippen molar-refractivity contribution in [3.63, 3.8) is 0 Å². The van der Waals surface area contributed by atoms with Crippen LogP contribution in [0.2, 0.25) is 0 Å². The van der Waals surface area contributed by atoms with E-state index in [4.69, 9.17) is 12.2 Å². The smallest absolute Gasteiger partial charge is 0.224 e. The predicted octanol–water partition coefficient (Wildman–Crippen LogP) is 5.74. The molecule has 1 fully saturated rings. The zero-order valence-corrected chi connectivity index (χ0v) is 19.8. The Morgan fingerprint density at radius 2 is 2.13 bits per heavy atom. The minimum absolute atomic E-state index is 0.000684. The van der Waals surface area contributed by atoms with Gasteiger partial charge in [0.2, 0.25) is 5.91 Å². The molecule has 0 radical (unpaired) electrons. The number of thiophene rings is 1. The van der Waals surface area contributed by atoms with Crippen molar-refractivity contribution in [2.75, 3.05) is 10.2 Å². The first-order valence-corrected chi connectivity index (χ1v) is 11.7. The zero-order valence-electron chi connectivity index (χ0n) is 16.6. The highest BCUT2D eigenvalue weighted by molar-refractivity contribution is 9.11. The van der Waals surface area contributed by atoms with Crippen molar-refractivity contribution >= 4 is 61.9 Å². The summed E-state index contributed by atoms with van der Waals surface area (Å²) in [6.07, 6.45) is 2.25. The van der Waals surface area contributed by atoms with Gasteiger partial charge in [0.15, 0.2) is 5.11 Å². The Kier molecular flexibility index (Phi) is 6.17. The molecule has 4 rings (SSSR count). The highest BCUT2D eigenvalue weighted by Crippen LogP contribution is 2.44. The third kappa shape index (κ3) is 4.12. The zero-order chi connectivity index (χ0) is 21.3. The molecular formula is C22H21BrN4OS2. The number of halogens is 1. The molecule has 8 heteroatoms. The van der Waals surface area contributed by atoms with E-state index in [1.807, 2.05) is 44.2 Å². The molecule has 1 aliphatic rings. The second-order valence-corrected chi connectivity index (χ2v) is 9.92. The average molecular weight is 501 g/mol. The molecule has 0 saturated carbocycles. The van der Waals surface area contributed by atoms with Gasteiger partial charge in [0.05, 0.1) is 21.6 Å². The van der Waals surface area contributed by atoms with Gasteiger partial charge in [0, 0.05) is 28.9 Å². The monoisotopic (exact) mass is 500 g/mol. The number of aryl methyl sites for hydroxylation is 1. The van der Waals surface area contributed by atoms with Crippen LogP contribution in [0, 0.1) is 6.92 Å². The first kappa shape index (κ1) is 21.0. The summed E-state index contributed by atoms with van der Waals surface area (Å²) < 4.78 is 1.07. The summed E-state index contributed by atoms with van der Waals surface area (Å²) in [5.41, 5.74) is 3.73. The van der Waals surface area contributed by atoms with Crippen molar-refractivity contribution in [1.29, 1.82) is 0 Å². The molecule has 1 saturated heterocycles. The van der Waals surface area contributed by atoms with Gasteiger partial charge < -0.3 is 15.5 Å². The minimum Gasteiger partial charge on any atom is -0.351 e. The van der Waals surface area contributed by atoms with Crippen LogP contribution in [0.4, 0.5) is 11.4 Å². The quantitative estimate of drug-likeness (QED) is 0.437. The maximum atomic E-state index is 11.8. The topological polar surface area (TPSA) is 57.3 Å². The molecule has 2 aromatic heterocycles. The van der Waals surface area contributed by atoms with E-state index >= 15 is 0 Å².